The highest BCUT2D eigenvalue weighted by molar-refractivity contribution is 7.26. The Morgan fingerprint density at radius 3 is 1.94 bits per heavy atom. The van der Waals surface area contributed by atoms with Gasteiger partial charge in [0.25, 0.3) is 0 Å². The van der Waals surface area contributed by atoms with Crippen LogP contribution in [0.15, 0.2) is 180 Å². The van der Waals surface area contributed by atoms with E-state index in [-0.39, 0.29) is 0 Å². The van der Waals surface area contributed by atoms with Crippen molar-refractivity contribution in [3.05, 3.63) is 176 Å². The van der Waals surface area contributed by atoms with Gasteiger partial charge in [-0.2, -0.15) is 0 Å². The van der Waals surface area contributed by atoms with Crippen molar-refractivity contribution in [3.63, 3.8) is 0 Å². The predicted molar refractivity (Wildman–Crippen MR) is 210 cm³/mol. The van der Waals surface area contributed by atoms with Crippen LogP contribution >= 0.6 is 11.3 Å². The molecule has 2 nitrogen and oxygen atoms in total. The first-order valence-electron chi connectivity index (χ1n) is 16.6. The van der Waals surface area contributed by atoms with E-state index in [0.29, 0.717) is 0 Å². The smallest absolute Gasteiger partial charge is 0.159 e. The zero-order chi connectivity index (χ0) is 32.3. The molecule has 0 N–H and O–H groups in total. The third-order valence-corrected chi connectivity index (χ3v) is 10.8. The quantitative estimate of drug-likeness (QED) is 0.186. The van der Waals surface area contributed by atoms with Crippen molar-refractivity contribution in [2.75, 3.05) is 4.90 Å². The second-order valence-electron chi connectivity index (χ2n) is 12.5. The largest absolute Gasteiger partial charge is 0.453 e. The molecule has 0 amide bonds. The first-order chi connectivity index (χ1) is 24.3. The topological polar surface area (TPSA) is 16.4 Å². The normalized spacial score (nSPS) is 11.7. The standard InChI is InChI=1S/C46H29NOS/c1-3-12-30(13-4-1)33-17-9-18-34(28-33)47(35-25-26-40-43(29-35)49-42-27-24-32-16-7-8-19-36(32)44(40)42)41-23-11-22-39-38-21-10-20-37(45(38)48-46(39)41)31-14-5-2-6-15-31/h1-29H. The van der Waals surface area contributed by atoms with E-state index in [1.165, 1.54) is 42.1 Å². The monoisotopic (exact) mass is 643 g/mol. The number of para-hydroxylation sites is 2. The molecule has 0 aliphatic heterocycles. The summed E-state index contributed by atoms with van der Waals surface area (Å²) in [7, 11) is 0. The fourth-order valence-electron chi connectivity index (χ4n) is 7.38. The molecule has 0 atom stereocenters. The lowest BCUT2D eigenvalue weighted by Gasteiger charge is -2.26. The Bertz CT molecular complexity index is 2830. The summed E-state index contributed by atoms with van der Waals surface area (Å²) in [4.78, 5) is 2.36. The second-order valence-corrected chi connectivity index (χ2v) is 13.6. The Morgan fingerprint density at radius 2 is 1.08 bits per heavy atom. The number of hydrogen-bond donors (Lipinski definition) is 0. The molecule has 0 unspecified atom stereocenters. The van der Waals surface area contributed by atoms with Crippen molar-refractivity contribution < 1.29 is 4.42 Å². The van der Waals surface area contributed by atoms with Gasteiger partial charge in [0, 0.05) is 47.9 Å². The highest BCUT2D eigenvalue weighted by atomic mass is 32.1. The number of fused-ring (bicyclic) bond motifs is 8. The van der Waals surface area contributed by atoms with E-state index in [0.717, 1.165) is 50.1 Å². The highest BCUT2D eigenvalue weighted by Gasteiger charge is 2.22. The molecule has 10 aromatic rings. The fourth-order valence-corrected chi connectivity index (χ4v) is 8.54. The van der Waals surface area contributed by atoms with Gasteiger partial charge in [0.15, 0.2) is 5.58 Å². The molecule has 0 aliphatic rings. The van der Waals surface area contributed by atoms with Gasteiger partial charge in [-0.1, -0.05) is 140 Å². The van der Waals surface area contributed by atoms with Gasteiger partial charge in [-0.3, -0.25) is 0 Å². The molecule has 0 aliphatic carbocycles. The number of nitrogens with zero attached hydrogens (tertiary/aromatic N) is 1. The summed E-state index contributed by atoms with van der Waals surface area (Å²) < 4.78 is 9.52. The zero-order valence-corrected chi connectivity index (χ0v) is 27.3. The molecule has 0 bridgehead atoms. The summed E-state index contributed by atoms with van der Waals surface area (Å²) in [6, 6.07) is 63.0. The molecule has 2 heterocycles. The van der Waals surface area contributed by atoms with Crippen LogP contribution in [0.4, 0.5) is 17.1 Å². The molecule has 3 heteroatoms. The molecule has 0 spiro atoms. The molecule has 2 aromatic heterocycles. The third-order valence-electron chi connectivity index (χ3n) is 9.64. The van der Waals surface area contributed by atoms with Crippen LogP contribution in [0.3, 0.4) is 0 Å². The van der Waals surface area contributed by atoms with Crippen molar-refractivity contribution >= 4 is 81.3 Å². The summed E-state index contributed by atoms with van der Waals surface area (Å²) in [5.41, 5.74) is 9.53. The first-order valence-corrected chi connectivity index (χ1v) is 17.4. The lowest BCUT2D eigenvalue weighted by Crippen LogP contribution is -2.10. The van der Waals surface area contributed by atoms with Gasteiger partial charge in [-0.05, 0) is 63.9 Å². The van der Waals surface area contributed by atoms with Gasteiger partial charge in [-0.25, -0.2) is 0 Å². The van der Waals surface area contributed by atoms with Gasteiger partial charge in [0.1, 0.15) is 5.58 Å². The minimum absolute atomic E-state index is 0.869. The van der Waals surface area contributed by atoms with E-state index < -0.39 is 0 Å². The minimum Gasteiger partial charge on any atom is -0.453 e. The average Bonchev–Trinajstić information content (AvgIpc) is 3.75. The lowest BCUT2D eigenvalue weighted by atomic mass is 10.0. The molecule has 0 saturated carbocycles. The Labute approximate surface area is 287 Å². The van der Waals surface area contributed by atoms with Gasteiger partial charge in [0.2, 0.25) is 0 Å². The Kier molecular flexibility index (Phi) is 6.39. The number of thiophene rings is 1. The zero-order valence-electron chi connectivity index (χ0n) is 26.5. The Balaban J connectivity index is 1.23. The van der Waals surface area contributed by atoms with Gasteiger partial charge in [0.05, 0.1) is 5.69 Å². The van der Waals surface area contributed by atoms with Crippen LogP contribution in [-0.2, 0) is 0 Å². The van der Waals surface area contributed by atoms with Crippen molar-refractivity contribution in [1.82, 2.24) is 0 Å². The summed E-state index contributed by atoms with van der Waals surface area (Å²) >= 11 is 1.86. The van der Waals surface area contributed by atoms with Crippen LogP contribution in [-0.4, -0.2) is 0 Å². The first kappa shape index (κ1) is 27.9. The summed E-state index contributed by atoms with van der Waals surface area (Å²) in [6.45, 7) is 0. The number of anilines is 3. The minimum atomic E-state index is 0.869. The number of rotatable bonds is 5. The molecule has 8 aromatic carbocycles. The molecule has 10 rings (SSSR count). The Morgan fingerprint density at radius 1 is 0.408 bits per heavy atom. The second kappa shape index (κ2) is 11.2. The molecular formula is C46H29NOS. The molecule has 0 radical (unpaired) electrons. The molecule has 230 valence electrons. The van der Waals surface area contributed by atoms with Crippen LogP contribution in [0.1, 0.15) is 0 Å². The number of benzene rings is 8. The third kappa shape index (κ3) is 4.55. The average molecular weight is 644 g/mol. The van der Waals surface area contributed by atoms with E-state index >= 15 is 0 Å². The predicted octanol–water partition coefficient (Wildman–Crippen LogP) is 13.9. The number of furan rings is 1. The highest BCUT2D eigenvalue weighted by Crippen LogP contribution is 2.47. The van der Waals surface area contributed by atoms with E-state index in [4.69, 9.17) is 4.42 Å². The molecule has 49 heavy (non-hydrogen) atoms. The van der Waals surface area contributed by atoms with Crippen molar-refractivity contribution in [3.8, 4) is 22.3 Å². The molecular weight excluding hydrogens is 615 g/mol. The van der Waals surface area contributed by atoms with Crippen LogP contribution in [0.2, 0.25) is 0 Å². The van der Waals surface area contributed by atoms with E-state index in [2.05, 4.69) is 181 Å². The molecule has 0 saturated heterocycles. The summed E-state index contributed by atoms with van der Waals surface area (Å²) in [6.07, 6.45) is 0. The van der Waals surface area contributed by atoms with Gasteiger partial charge in [-0.15, -0.1) is 11.3 Å². The summed E-state index contributed by atoms with van der Waals surface area (Å²) in [5.74, 6) is 0. The van der Waals surface area contributed by atoms with Crippen LogP contribution < -0.4 is 4.90 Å². The summed E-state index contributed by atoms with van der Waals surface area (Å²) in [5, 5.41) is 7.40. The fraction of sp³-hybridized carbons (Fsp3) is 0. The van der Waals surface area contributed by atoms with E-state index in [9.17, 15) is 0 Å². The van der Waals surface area contributed by atoms with Crippen molar-refractivity contribution in [1.29, 1.82) is 0 Å². The van der Waals surface area contributed by atoms with Crippen molar-refractivity contribution in [2.24, 2.45) is 0 Å². The number of hydrogen-bond acceptors (Lipinski definition) is 3. The maximum absolute atomic E-state index is 6.95. The van der Waals surface area contributed by atoms with Crippen molar-refractivity contribution in [2.45, 2.75) is 0 Å². The van der Waals surface area contributed by atoms with Gasteiger partial charge >= 0.3 is 0 Å². The van der Waals surface area contributed by atoms with Crippen LogP contribution in [0.25, 0.3) is 75.1 Å². The molecule has 0 fully saturated rings. The van der Waals surface area contributed by atoms with E-state index in [1.807, 2.05) is 11.3 Å². The van der Waals surface area contributed by atoms with Crippen LogP contribution in [0.5, 0.6) is 0 Å². The van der Waals surface area contributed by atoms with E-state index in [1.54, 1.807) is 0 Å². The maximum Gasteiger partial charge on any atom is 0.159 e. The lowest BCUT2D eigenvalue weighted by molar-refractivity contribution is 0.670. The Hall–Kier alpha value is -6.16. The van der Waals surface area contributed by atoms with Gasteiger partial charge < -0.3 is 9.32 Å². The SMILES string of the molecule is c1ccc(-c2cccc(N(c3ccc4c(c3)sc3ccc5ccccc5c34)c3cccc4c3oc3c(-c5ccccc5)cccc34)c2)cc1. The van der Waals surface area contributed by atoms with Crippen LogP contribution in [0, 0.1) is 0 Å². The maximum atomic E-state index is 6.95.